The fourth-order valence-electron chi connectivity index (χ4n) is 2.84. The smallest absolute Gasteiger partial charge is 0.192 e. The van der Waals surface area contributed by atoms with Crippen molar-refractivity contribution in [3.8, 4) is 0 Å². The van der Waals surface area contributed by atoms with Gasteiger partial charge in [0.15, 0.2) is 16.6 Å². The Morgan fingerprint density at radius 2 is 1.62 bits per heavy atom. The van der Waals surface area contributed by atoms with Gasteiger partial charge in [-0.05, 0) is 64.3 Å². The fraction of sp³-hybridized carbons (Fsp3) is 0.773. The Labute approximate surface area is 188 Å². The van der Waals surface area contributed by atoms with Crippen LogP contribution in [0.25, 0.3) is 0 Å². The van der Waals surface area contributed by atoms with Gasteiger partial charge in [-0.2, -0.15) is 0 Å². The van der Waals surface area contributed by atoms with Gasteiger partial charge in [-0.15, -0.1) is 0 Å². The van der Waals surface area contributed by atoms with Crippen LogP contribution >= 0.6 is 15.9 Å². The molecular weight excluding hydrogens is 462 g/mol. The normalized spacial score (nSPS) is 24.2. The van der Waals surface area contributed by atoms with E-state index in [0.717, 1.165) is 16.7 Å². The first-order chi connectivity index (χ1) is 13.0. The third kappa shape index (κ3) is 6.23. The molecule has 7 heteroatoms. The van der Waals surface area contributed by atoms with Gasteiger partial charge < -0.3 is 13.6 Å². The van der Waals surface area contributed by atoms with E-state index in [1.807, 2.05) is 18.2 Å². The standard InChI is InChI=1S/C22H40BrNO3Si2/c1-21(2,3)28(7,8)25-15-19-18(27-29(9,10)22(4,5)6)14-17(26-19)16-12-11-13-20(23)24-16/h11-13,17-19H,14-15H2,1-10H3/t17-,18+,19-/m1/s1. The zero-order valence-corrected chi connectivity index (χ0v) is 23.5. The monoisotopic (exact) mass is 501 g/mol. The Morgan fingerprint density at radius 3 is 2.14 bits per heavy atom. The van der Waals surface area contributed by atoms with Gasteiger partial charge in [-0.25, -0.2) is 4.98 Å². The third-order valence-electron chi connectivity index (χ3n) is 6.93. The van der Waals surface area contributed by atoms with Gasteiger partial charge in [-0.1, -0.05) is 47.6 Å². The van der Waals surface area contributed by atoms with Crippen molar-refractivity contribution in [1.29, 1.82) is 0 Å². The van der Waals surface area contributed by atoms with Crippen molar-refractivity contribution in [2.45, 2.75) is 103 Å². The summed E-state index contributed by atoms with van der Waals surface area (Å²) in [5.74, 6) is 0. The highest BCUT2D eigenvalue weighted by Gasteiger charge is 2.46. The molecular formula is C22H40BrNO3Si2. The molecule has 0 bridgehead atoms. The molecule has 0 saturated carbocycles. The van der Waals surface area contributed by atoms with Crippen LogP contribution in [-0.2, 0) is 13.6 Å². The third-order valence-corrected chi connectivity index (χ3v) is 16.4. The summed E-state index contributed by atoms with van der Waals surface area (Å²) in [6.07, 6.45) is 0.729. The molecule has 1 saturated heterocycles. The molecule has 29 heavy (non-hydrogen) atoms. The van der Waals surface area contributed by atoms with E-state index in [2.05, 4.69) is 88.6 Å². The van der Waals surface area contributed by atoms with Crippen molar-refractivity contribution in [3.05, 3.63) is 28.5 Å². The fourth-order valence-corrected chi connectivity index (χ4v) is 5.57. The molecule has 1 aromatic heterocycles. The van der Waals surface area contributed by atoms with E-state index in [0.29, 0.717) is 6.61 Å². The van der Waals surface area contributed by atoms with Crippen LogP contribution in [0.5, 0.6) is 0 Å². The van der Waals surface area contributed by atoms with E-state index in [1.165, 1.54) is 0 Å². The van der Waals surface area contributed by atoms with Crippen molar-refractivity contribution in [2.75, 3.05) is 6.61 Å². The summed E-state index contributed by atoms with van der Waals surface area (Å²) in [5.41, 5.74) is 0.957. The Hall–Kier alpha value is -0.0562. The zero-order chi connectivity index (χ0) is 22.3. The van der Waals surface area contributed by atoms with Gasteiger partial charge in [0, 0.05) is 6.42 Å². The maximum atomic E-state index is 6.82. The van der Waals surface area contributed by atoms with E-state index in [1.54, 1.807) is 0 Å². The van der Waals surface area contributed by atoms with Crippen LogP contribution in [0, 0.1) is 0 Å². The molecule has 1 aromatic rings. The topological polar surface area (TPSA) is 40.6 Å². The van der Waals surface area contributed by atoms with Crippen LogP contribution in [0.3, 0.4) is 0 Å². The number of pyridine rings is 1. The lowest BCUT2D eigenvalue weighted by Crippen LogP contribution is -2.48. The van der Waals surface area contributed by atoms with Crippen LogP contribution in [-0.4, -0.2) is 40.4 Å². The lowest BCUT2D eigenvalue weighted by molar-refractivity contribution is -0.0176. The SMILES string of the molecule is CC(C)(C)[Si](C)(C)OC[C@H]1O[C@@H](c2cccc(Br)n2)C[C@@H]1O[Si](C)(C)C(C)(C)C. The Kier molecular flexibility index (Phi) is 7.67. The molecule has 0 amide bonds. The summed E-state index contributed by atoms with van der Waals surface area (Å²) < 4.78 is 20.7. The summed E-state index contributed by atoms with van der Waals surface area (Å²) in [4.78, 5) is 4.63. The second-order valence-electron chi connectivity index (χ2n) is 11.3. The molecule has 0 aliphatic carbocycles. The first-order valence-electron chi connectivity index (χ1n) is 10.6. The average Bonchev–Trinajstić information content (AvgIpc) is 2.93. The van der Waals surface area contributed by atoms with E-state index < -0.39 is 16.6 Å². The second kappa shape index (κ2) is 8.83. The Balaban J connectivity index is 2.21. The lowest BCUT2D eigenvalue weighted by atomic mass is 10.1. The minimum atomic E-state index is -1.92. The quantitative estimate of drug-likeness (QED) is 0.308. The number of rotatable bonds is 6. The van der Waals surface area contributed by atoms with Crippen LogP contribution < -0.4 is 0 Å². The summed E-state index contributed by atoms with van der Waals surface area (Å²) in [6.45, 7) is 23.4. The zero-order valence-electron chi connectivity index (χ0n) is 19.9. The van der Waals surface area contributed by atoms with Gasteiger partial charge in [-0.3, -0.25) is 0 Å². The predicted octanol–water partition coefficient (Wildman–Crippen LogP) is 7.09. The van der Waals surface area contributed by atoms with Crippen LogP contribution in [0.2, 0.25) is 36.3 Å². The van der Waals surface area contributed by atoms with E-state index in [-0.39, 0.29) is 28.4 Å². The van der Waals surface area contributed by atoms with Crippen LogP contribution in [0.4, 0.5) is 0 Å². The maximum absolute atomic E-state index is 6.82. The van der Waals surface area contributed by atoms with E-state index in [9.17, 15) is 0 Å². The van der Waals surface area contributed by atoms with Crippen molar-refractivity contribution in [1.82, 2.24) is 4.98 Å². The molecule has 0 spiro atoms. The molecule has 0 radical (unpaired) electrons. The molecule has 2 rings (SSSR count). The van der Waals surface area contributed by atoms with Crippen LogP contribution in [0.1, 0.15) is 59.8 Å². The average molecular weight is 503 g/mol. The van der Waals surface area contributed by atoms with E-state index in [4.69, 9.17) is 13.6 Å². The highest BCUT2D eigenvalue weighted by molar-refractivity contribution is 9.10. The van der Waals surface area contributed by atoms with Crippen molar-refractivity contribution >= 4 is 32.6 Å². The van der Waals surface area contributed by atoms with Gasteiger partial charge in [0.2, 0.25) is 0 Å². The minimum Gasteiger partial charge on any atom is -0.414 e. The first kappa shape index (κ1) is 25.2. The van der Waals surface area contributed by atoms with Gasteiger partial charge in [0.25, 0.3) is 0 Å². The molecule has 3 atom stereocenters. The molecule has 4 nitrogen and oxygen atoms in total. The highest BCUT2D eigenvalue weighted by atomic mass is 79.9. The number of halogens is 1. The van der Waals surface area contributed by atoms with E-state index >= 15 is 0 Å². The Morgan fingerprint density at radius 1 is 1.03 bits per heavy atom. The van der Waals surface area contributed by atoms with Crippen molar-refractivity contribution in [2.24, 2.45) is 0 Å². The van der Waals surface area contributed by atoms with Crippen LogP contribution in [0.15, 0.2) is 22.8 Å². The lowest BCUT2D eigenvalue weighted by Gasteiger charge is -2.40. The Bertz CT molecular complexity index is 698. The second-order valence-corrected chi connectivity index (χ2v) is 21.7. The number of ether oxygens (including phenoxy) is 1. The number of hydrogen-bond acceptors (Lipinski definition) is 4. The highest BCUT2D eigenvalue weighted by Crippen LogP contribution is 2.43. The number of aromatic nitrogens is 1. The first-order valence-corrected chi connectivity index (χ1v) is 17.2. The summed E-state index contributed by atoms with van der Waals surface area (Å²) >= 11 is 3.48. The molecule has 1 fully saturated rings. The summed E-state index contributed by atoms with van der Waals surface area (Å²) in [7, 11) is -3.77. The van der Waals surface area contributed by atoms with Gasteiger partial charge >= 0.3 is 0 Å². The summed E-state index contributed by atoms with van der Waals surface area (Å²) in [5, 5.41) is 0.330. The molecule has 2 heterocycles. The number of nitrogens with zero attached hydrogens (tertiary/aromatic N) is 1. The van der Waals surface area contributed by atoms with Gasteiger partial charge in [0.1, 0.15) is 16.8 Å². The predicted molar refractivity (Wildman–Crippen MR) is 129 cm³/mol. The largest absolute Gasteiger partial charge is 0.414 e. The molecule has 1 aliphatic rings. The molecule has 1 aliphatic heterocycles. The van der Waals surface area contributed by atoms with Gasteiger partial charge in [0.05, 0.1) is 18.4 Å². The van der Waals surface area contributed by atoms with Crippen molar-refractivity contribution < 1.29 is 13.6 Å². The molecule has 0 aromatic carbocycles. The molecule has 166 valence electrons. The minimum absolute atomic E-state index is 0.0337. The molecule has 0 N–H and O–H groups in total. The number of hydrogen-bond donors (Lipinski definition) is 0. The van der Waals surface area contributed by atoms with Crippen molar-refractivity contribution in [3.63, 3.8) is 0 Å². The summed E-state index contributed by atoms with van der Waals surface area (Å²) in [6, 6.07) is 5.99. The maximum Gasteiger partial charge on any atom is 0.192 e. The molecule has 0 unspecified atom stereocenters.